The molecule has 1 aliphatic rings. The van der Waals surface area contributed by atoms with Gasteiger partial charge in [0.2, 0.25) is 11.9 Å². The molecular weight excluding hydrogens is 550 g/mol. The molecule has 1 aromatic heterocycles. The van der Waals surface area contributed by atoms with Crippen LogP contribution in [0.25, 0.3) is 0 Å². The van der Waals surface area contributed by atoms with Crippen molar-refractivity contribution in [3.8, 4) is 0 Å². The van der Waals surface area contributed by atoms with E-state index in [0.29, 0.717) is 33.5 Å². The fourth-order valence-corrected chi connectivity index (χ4v) is 5.27. The Morgan fingerprint density at radius 3 is 2.10 bits per heavy atom. The lowest BCUT2D eigenvalue weighted by Crippen LogP contribution is -2.27. The largest absolute Gasteiger partial charge is 0.313 e. The Morgan fingerprint density at radius 1 is 0.875 bits per heavy atom. The summed E-state index contributed by atoms with van der Waals surface area (Å²) in [6.07, 6.45) is 0. The van der Waals surface area contributed by atoms with E-state index in [4.69, 9.17) is 11.6 Å². The minimum Gasteiger partial charge on any atom is -0.313 e. The SMILES string of the molecule is Cc1cc(C)nc(NS(=O)(=O)c2ccc(N=Nc3ccc(C4=NCC(=O)N(C)c5ccc(Cl)cc54)cc3)cc2)n1. The van der Waals surface area contributed by atoms with Crippen molar-refractivity contribution in [2.75, 3.05) is 23.2 Å². The summed E-state index contributed by atoms with van der Waals surface area (Å²) in [5.74, 6) is -0.0954. The van der Waals surface area contributed by atoms with Crippen molar-refractivity contribution in [2.45, 2.75) is 18.7 Å². The molecule has 2 heterocycles. The highest BCUT2D eigenvalue weighted by molar-refractivity contribution is 7.92. The number of rotatable bonds is 6. The van der Waals surface area contributed by atoms with Crippen LogP contribution in [0.2, 0.25) is 5.02 Å². The topological polar surface area (TPSA) is 129 Å². The molecule has 10 nitrogen and oxygen atoms in total. The van der Waals surface area contributed by atoms with E-state index in [-0.39, 0.29) is 23.3 Å². The average molecular weight is 574 g/mol. The van der Waals surface area contributed by atoms with Crippen molar-refractivity contribution in [1.82, 2.24) is 9.97 Å². The van der Waals surface area contributed by atoms with Crippen LogP contribution in [0.4, 0.5) is 23.0 Å². The fourth-order valence-electron chi connectivity index (χ4n) is 4.15. The maximum atomic E-state index is 12.7. The Hall–Kier alpha value is -4.48. The number of hydrogen-bond donors (Lipinski definition) is 1. The number of carbonyl (C=O) groups is 1. The number of aromatic nitrogens is 2. The maximum Gasteiger partial charge on any atom is 0.264 e. The van der Waals surface area contributed by atoms with Crippen molar-refractivity contribution in [2.24, 2.45) is 15.2 Å². The van der Waals surface area contributed by atoms with Crippen LogP contribution in [0.1, 0.15) is 22.5 Å². The third-order valence-corrected chi connectivity index (χ3v) is 7.68. The monoisotopic (exact) mass is 573 g/mol. The number of benzodiazepines with no additional fused rings is 1. The van der Waals surface area contributed by atoms with Gasteiger partial charge >= 0.3 is 0 Å². The summed E-state index contributed by atoms with van der Waals surface area (Å²) in [4.78, 5) is 26.8. The van der Waals surface area contributed by atoms with Crippen LogP contribution in [0.5, 0.6) is 0 Å². The number of benzene rings is 3. The van der Waals surface area contributed by atoms with Crippen LogP contribution in [0, 0.1) is 13.8 Å². The molecule has 1 amide bonds. The van der Waals surface area contributed by atoms with Gasteiger partial charge in [-0.2, -0.15) is 10.2 Å². The zero-order valence-corrected chi connectivity index (χ0v) is 23.4. The van der Waals surface area contributed by atoms with Crippen LogP contribution < -0.4 is 9.62 Å². The van der Waals surface area contributed by atoms with E-state index >= 15 is 0 Å². The van der Waals surface area contributed by atoms with Crippen LogP contribution in [0.15, 0.2) is 92.9 Å². The molecule has 3 aromatic carbocycles. The second-order valence-corrected chi connectivity index (χ2v) is 11.2. The van der Waals surface area contributed by atoms with Gasteiger partial charge in [0.05, 0.1) is 27.7 Å². The molecule has 1 aliphatic heterocycles. The number of fused-ring (bicyclic) bond motifs is 1. The molecule has 1 N–H and O–H groups in total. The molecule has 0 saturated carbocycles. The van der Waals surface area contributed by atoms with Gasteiger partial charge in [0.25, 0.3) is 10.0 Å². The van der Waals surface area contributed by atoms with Gasteiger partial charge in [-0.1, -0.05) is 23.7 Å². The zero-order chi connectivity index (χ0) is 28.4. The fraction of sp³-hybridized carbons (Fsp3) is 0.143. The Bertz CT molecular complexity index is 1750. The van der Waals surface area contributed by atoms with Crippen LogP contribution in [-0.4, -0.2) is 43.6 Å². The second kappa shape index (κ2) is 10.9. The molecule has 202 valence electrons. The molecule has 40 heavy (non-hydrogen) atoms. The van der Waals surface area contributed by atoms with Gasteiger partial charge in [-0.25, -0.2) is 23.1 Å². The molecule has 0 fully saturated rings. The number of aryl methyl sites for hydroxylation is 2. The number of aliphatic imine (C=N–C) groups is 1. The summed E-state index contributed by atoms with van der Waals surface area (Å²) in [5, 5.41) is 9.03. The van der Waals surface area contributed by atoms with Gasteiger partial charge in [0.15, 0.2) is 0 Å². The summed E-state index contributed by atoms with van der Waals surface area (Å²) in [7, 11) is -2.15. The molecule has 0 bridgehead atoms. The minimum absolute atomic E-state index is 0.0183. The summed E-state index contributed by atoms with van der Waals surface area (Å²) in [5.41, 5.74) is 5.35. The van der Waals surface area contributed by atoms with E-state index in [9.17, 15) is 13.2 Å². The standard InChI is InChI=1S/C28H24ClN7O3S/c1-17-14-18(2)32-28(31-17)35-40(38,39)23-11-9-22(10-12-23)34-33-21-7-4-19(5-8-21)27-24-15-20(29)6-13-25(24)36(3)26(37)16-30-27/h4-15H,16H2,1-3H3,(H,31,32,35). The van der Waals surface area contributed by atoms with Gasteiger partial charge in [0, 0.05) is 34.6 Å². The lowest BCUT2D eigenvalue weighted by molar-refractivity contribution is -0.116. The number of hydrogen-bond acceptors (Lipinski definition) is 8. The number of azo groups is 1. The quantitative estimate of drug-likeness (QED) is 0.292. The average Bonchev–Trinajstić information content (AvgIpc) is 3.03. The predicted octanol–water partition coefficient (Wildman–Crippen LogP) is 5.78. The molecule has 0 saturated heterocycles. The number of carbonyl (C=O) groups excluding carboxylic acids is 1. The van der Waals surface area contributed by atoms with Crippen molar-refractivity contribution in [3.63, 3.8) is 0 Å². The smallest absolute Gasteiger partial charge is 0.264 e. The highest BCUT2D eigenvalue weighted by Gasteiger charge is 2.23. The number of sulfonamides is 1. The zero-order valence-electron chi connectivity index (χ0n) is 21.8. The van der Waals surface area contributed by atoms with Gasteiger partial charge in [0.1, 0.15) is 6.54 Å². The first-order chi connectivity index (χ1) is 19.1. The van der Waals surface area contributed by atoms with E-state index < -0.39 is 10.0 Å². The molecule has 0 unspecified atom stereocenters. The number of amides is 1. The van der Waals surface area contributed by atoms with Gasteiger partial charge < -0.3 is 4.90 Å². The number of likely N-dealkylation sites (N-methyl/N-ethyl adjacent to an activating group) is 1. The van der Waals surface area contributed by atoms with Crippen LogP contribution in [0.3, 0.4) is 0 Å². The van der Waals surface area contributed by atoms with E-state index in [1.807, 2.05) is 18.2 Å². The van der Waals surface area contributed by atoms with Gasteiger partial charge in [-0.15, -0.1) is 0 Å². The van der Waals surface area contributed by atoms with Crippen molar-refractivity contribution in [3.05, 3.63) is 100 Å². The third kappa shape index (κ3) is 5.90. The first-order valence-corrected chi connectivity index (χ1v) is 14.0. The lowest BCUT2D eigenvalue weighted by Gasteiger charge is -2.18. The Kier molecular flexibility index (Phi) is 7.42. The first-order valence-electron chi connectivity index (χ1n) is 12.2. The second-order valence-electron chi connectivity index (χ2n) is 9.10. The Labute approximate surface area is 236 Å². The van der Waals surface area contributed by atoms with E-state index in [1.54, 1.807) is 68.3 Å². The van der Waals surface area contributed by atoms with Crippen LogP contribution in [-0.2, 0) is 14.8 Å². The molecule has 0 radical (unpaired) electrons. The van der Waals surface area contributed by atoms with E-state index in [1.165, 1.54) is 12.1 Å². The summed E-state index contributed by atoms with van der Waals surface area (Å²) in [6.45, 7) is 3.56. The highest BCUT2D eigenvalue weighted by atomic mass is 35.5. The summed E-state index contributed by atoms with van der Waals surface area (Å²) in [6, 6.07) is 20.4. The van der Waals surface area contributed by atoms with Crippen molar-refractivity contribution >= 4 is 56.3 Å². The predicted molar refractivity (Wildman–Crippen MR) is 155 cm³/mol. The van der Waals surface area contributed by atoms with Gasteiger partial charge in [-0.3, -0.25) is 9.79 Å². The molecule has 0 atom stereocenters. The Morgan fingerprint density at radius 2 is 1.48 bits per heavy atom. The number of nitrogens with one attached hydrogen (secondary N) is 1. The molecule has 0 aliphatic carbocycles. The summed E-state index contributed by atoms with van der Waals surface area (Å²) < 4.78 is 27.9. The van der Waals surface area contributed by atoms with E-state index in [0.717, 1.165) is 16.8 Å². The molecule has 4 aromatic rings. The maximum absolute atomic E-state index is 12.7. The lowest BCUT2D eigenvalue weighted by atomic mass is 10.00. The van der Waals surface area contributed by atoms with Crippen LogP contribution >= 0.6 is 11.6 Å². The Balaban J connectivity index is 1.32. The molecule has 0 spiro atoms. The molecule has 12 heteroatoms. The highest BCUT2D eigenvalue weighted by Crippen LogP contribution is 2.30. The molecule has 5 rings (SSSR count). The van der Waals surface area contributed by atoms with E-state index in [2.05, 4.69) is 29.9 Å². The number of anilines is 2. The number of halogens is 1. The van der Waals surface area contributed by atoms with Crippen molar-refractivity contribution < 1.29 is 13.2 Å². The molecular formula is C28H24ClN7O3S. The van der Waals surface area contributed by atoms with Gasteiger partial charge in [-0.05, 0) is 74.5 Å². The first kappa shape index (κ1) is 27.1. The minimum atomic E-state index is -3.87. The normalized spacial score (nSPS) is 13.7. The van der Waals surface area contributed by atoms with Crippen molar-refractivity contribution in [1.29, 1.82) is 0 Å². The number of nitrogens with zero attached hydrogens (tertiary/aromatic N) is 6. The third-order valence-electron chi connectivity index (χ3n) is 6.10. The summed E-state index contributed by atoms with van der Waals surface area (Å²) >= 11 is 6.25.